The van der Waals surface area contributed by atoms with Gasteiger partial charge in [-0.05, 0) is 65.1 Å². The predicted octanol–water partition coefficient (Wildman–Crippen LogP) is 3.80. The molecule has 1 saturated heterocycles. The lowest BCUT2D eigenvalue weighted by molar-refractivity contribution is 0.397. The van der Waals surface area contributed by atoms with E-state index in [1.165, 1.54) is 16.7 Å². The molecule has 1 aliphatic rings. The lowest BCUT2D eigenvalue weighted by Gasteiger charge is -2.24. The molecular weight excluding hydrogens is 380 g/mol. The van der Waals surface area contributed by atoms with Gasteiger partial charge in [0.25, 0.3) is 0 Å². The molecule has 3 aromatic rings. The minimum atomic E-state index is 0.192. The molecule has 1 aliphatic heterocycles. The lowest BCUT2D eigenvalue weighted by Crippen LogP contribution is -2.33. The van der Waals surface area contributed by atoms with Crippen LogP contribution in [0.15, 0.2) is 59.4 Å². The van der Waals surface area contributed by atoms with Crippen molar-refractivity contribution in [3.63, 3.8) is 0 Å². The number of pyridine rings is 1. The monoisotopic (exact) mass is 408 g/mol. The molecule has 0 aliphatic carbocycles. The third-order valence-corrected chi connectivity index (χ3v) is 6.30. The zero-order valence-electron chi connectivity index (χ0n) is 16.9. The molecule has 29 heavy (non-hydrogen) atoms. The average molecular weight is 409 g/mol. The largest absolute Gasteiger partial charge is 0.497 e. The van der Waals surface area contributed by atoms with Crippen LogP contribution in [0.2, 0.25) is 0 Å². The number of nitrogens with zero attached hydrogens (tertiary/aromatic N) is 1. The van der Waals surface area contributed by atoms with Crippen molar-refractivity contribution in [1.82, 2.24) is 21.2 Å². The van der Waals surface area contributed by atoms with Crippen LogP contribution in [0.1, 0.15) is 34.5 Å². The molecule has 1 aromatic carbocycles. The van der Waals surface area contributed by atoms with Gasteiger partial charge in [-0.3, -0.25) is 10.4 Å². The minimum Gasteiger partial charge on any atom is -0.497 e. The molecule has 0 radical (unpaired) electrons. The summed E-state index contributed by atoms with van der Waals surface area (Å²) in [5.74, 6) is 1.32. The fourth-order valence-electron chi connectivity index (χ4n) is 3.98. The van der Waals surface area contributed by atoms with E-state index in [4.69, 9.17) is 9.72 Å². The summed E-state index contributed by atoms with van der Waals surface area (Å²) in [4.78, 5) is 4.70. The van der Waals surface area contributed by atoms with Crippen LogP contribution in [0.5, 0.6) is 5.75 Å². The topological polar surface area (TPSA) is 58.2 Å². The van der Waals surface area contributed by atoms with Crippen molar-refractivity contribution in [3.05, 3.63) is 81.8 Å². The highest BCUT2D eigenvalue weighted by Gasteiger charge is 2.29. The van der Waals surface area contributed by atoms with E-state index in [2.05, 4.69) is 64.2 Å². The summed E-state index contributed by atoms with van der Waals surface area (Å²) in [6.45, 7) is 3.95. The molecule has 3 heterocycles. The molecule has 1 fully saturated rings. The van der Waals surface area contributed by atoms with Crippen molar-refractivity contribution >= 4 is 11.3 Å². The maximum absolute atomic E-state index is 5.41. The van der Waals surface area contributed by atoms with Gasteiger partial charge < -0.3 is 10.1 Å². The van der Waals surface area contributed by atoms with E-state index in [1.54, 1.807) is 18.4 Å². The van der Waals surface area contributed by atoms with Gasteiger partial charge in [-0.15, -0.1) is 0 Å². The molecule has 4 rings (SSSR count). The number of ether oxygens (including phenoxy) is 1. The van der Waals surface area contributed by atoms with E-state index < -0.39 is 0 Å². The molecule has 2 aromatic heterocycles. The summed E-state index contributed by atoms with van der Waals surface area (Å²) in [5, 5.41) is 8.18. The number of hydrogen-bond acceptors (Lipinski definition) is 6. The smallest absolute Gasteiger partial charge is 0.119 e. The highest BCUT2D eigenvalue weighted by Crippen LogP contribution is 2.28. The summed E-state index contributed by atoms with van der Waals surface area (Å²) in [6, 6.07) is 15.1. The molecule has 152 valence electrons. The number of methoxy groups -OCH3 is 1. The summed E-state index contributed by atoms with van der Waals surface area (Å²) < 4.78 is 5.41. The number of aryl methyl sites for hydroxylation is 1. The quantitative estimate of drug-likeness (QED) is 0.529. The van der Waals surface area contributed by atoms with Gasteiger partial charge in [0.15, 0.2) is 0 Å². The highest BCUT2D eigenvalue weighted by molar-refractivity contribution is 7.07. The van der Waals surface area contributed by atoms with Crippen LogP contribution >= 0.6 is 11.3 Å². The van der Waals surface area contributed by atoms with Gasteiger partial charge in [-0.1, -0.05) is 18.2 Å². The van der Waals surface area contributed by atoms with E-state index in [0.717, 1.165) is 31.0 Å². The standard InChI is InChI=1S/C23H28N4OS/c1-16-5-4-9-24-22(16)21(11-17-8-10-29-15-17)25-13-19-14-26-27-23(19)18-6-3-7-20(12-18)28-2/h3-10,12,15,19,21,23,25-27H,11,13-14H2,1-2H3. The number of thiophene rings is 1. The van der Waals surface area contributed by atoms with E-state index >= 15 is 0 Å². The number of hydrogen-bond donors (Lipinski definition) is 3. The molecule has 6 heteroatoms. The van der Waals surface area contributed by atoms with E-state index in [0.29, 0.717) is 5.92 Å². The Kier molecular flexibility index (Phi) is 6.56. The van der Waals surface area contributed by atoms with Crippen molar-refractivity contribution < 1.29 is 4.74 Å². The second kappa shape index (κ2) is 9.50. The Morgan fingerprint density at radius 1 is 1.28 bits per heavy atom. The number of hydrazine groups is 1. The van der Waals surface area contributed by atoms with Gasteiger partial charge in [0.05, 0.1) is 24.9 Å². The van der Waals surface area contributed by atoms with Crippen LogP contribution in [0, 0.1) is 12.8 Å². The summed E-state index contributed by atoms with van der Waals surface area (Å²) >= 11 is 1.75. The van der Waals surface area contributed by atoms with Gasteiger partial charge in [0.2, 0.25) is 0 Å². The van der Waals surface area contributed by atoms with E-state index in [9.17, 15) is 0 Å². The van der Waals surface area contributed by atoms with E-state index in [-0.39, 0.29) is 12.1 Å². The van der Waals surface area contributed by atoms with Gasteiger partial charge in [-0.25, -0.2) is 5.43 Å². The van der Waals surface area contributed by atoms with Crippen LogP contribution in [-0.4, -0.2) is 25.2 Å². The van der Waals surface area contributed by atoms with Crippen molar-refractivity contribution in [2.45, 2.75) is 25.4 Å². The van der Waals surface area contributed by atoms with Crippen LogP contribution in [0.3, 0.4) is 0 Å². The molecule has 5 nitrogen and oxygen atoms in total. The molecule has 0 amide bonds. The predicted molar refractivity (Wildman–Crippen MR) is 118 cm³/mol. The molecule has 0 saturated carbocycles. The fourth-order valence-corrected chi connectivity index (χ4v) is 4.66. The maximum Gasteiger partial charge on any atom is 0.119 e. The van der Waals surface area contributed by atoms with Crippen LogP contribution in [-0.2, 0) is 6.42 Å². The summed E-state index contributed by atoms with van der Waals surface area (Å²) in [6.07, 6.45) is 2.83. The second-order valence-electron chi connectivity index (χ2n) is 7.54. The van der Waals surface area contributed by atoms with E-state index in [1.807, 2.05) is 18.3 Å². The van der Waals surface area contributed by atoms with Gasteiger partial charge in [0.1, 0.15) is 5.75 Å². The zero-order valence-corrected chi connectivity index (χ0v) is 17.7. The number of rotatable bonds is 8. The van der Waals surface area contributed by atoms with Crippen molar-refractivity contribution in [1.29, 1.82) is 0 Å². The van der Waals surface area contributed by atoms with Crippen molar-refractivity contribution in [2.24, 2.45) is 5.92 Å². The third kappa shape index (κ3) is 4.85. The lowest BCUT2D eigenvalue weighted by atomic mass is 9.93. The normalized spacial score (nSPS) is 19.9. The first-order valence-electron chi connectivity index (χ1n) is 10.0. The Morgan fingerprint density at radius 2 is 2.21 bits per heavy atom. The third-order valence-electron chi connectivity index (χ3n) is 5.57. The summed E-state index contributed by atoms with van der Waals surface area (Å²) in [5.41, 5.74) is 11.7. The fraction of sp³-hybridized carbons (Fsp3) is 0.348. The highest BCUT2D eigenvalue weighted by atomic mass is 32.1. The molecule has 0 bridgehead atoms. The van der Waals surface area contributed by atoms with Crippen LogP contribution < -0.4 is 20.9 Å². The Labute approximate surface area is 176 Å². The first kappa shape index (κ1) is 20.0. The SMILES string of the molecule is COc1cccc(C2NNCC2CNC(Cc2ccsc2)c2ncccc2C)c1. The Hall–Kier alpha value is -2.25. The molecule has 3 unspecified atom stereocenters. The summed E-state index contributed by atoms with van der Waals surface area (Å²) in [7, 11) is 1.71. The zero-order chi connectivity index (χ0) is 20.1. The molecular formula is C23H28N4OS. The Morgan fingerprint density at radius 3 is 3.00 bits per heavy atom. The van der Waals surface area contributed by atoms with Crippen LogP contribution in [0.4, 0.5) is 0 Å². The average Bonchev–Trinajstić information content (AvgIpc) is 3.43. The Bertz CT molecular complexity index is 915. The minimum absolute atomic E-state index is 0.192. The first-order valence-corrected chi connectivity index (χ1v) is 11.0. The van der Waals surface area contributed by atoms with Gasteiger partial charge in [0, 0.05) is 25.2 Å². The van der Waals surface area contributed by atoms with Crippen LogP contribution in [0.25, 0.3) is 0 Å². The number of nitrogens with one attached hydrogen (secondary N) is 3. The van der Waals surface area contributed by atoms with Crippen molar-refractivity contribution in [3.8, 4) is 5.75 Å². The first-order chi connectivity index (χ1) is 14.2. The second-order valence-corrected chi connectivity index (χ2v) is 8.32. The molecule has 3 N–H and O–H groups in total. The number of aromatic nitrogens is 1. The van der Waals surface area contributed by atoms with Gasteiger partial charge in [-0.2, -0.15) is 11.3 Å². The molecule has 3 atom stereocenters. The Balaban J connectivity index is 1.49. The maximum atomic E-state index is 5.41. The van der Waals surface area contributed by atoms with Crippen molar-refractivity contribution in [2.75, 3.05) is 20.2 Å². The van der Waals surface area contributed by atoms with Gasteiger partial charge >= 0.3 is 0 Å². The molecule has 0 spiro atoms. The number of benzene rings is 1.